The fourth-order valence-corrected chi connectivity index (χ4v) is 3.15. The van der Waals surface area contributed by atoms with Crippen LogP contribution in [0.15, 0.2) is 65.1 Å². The van der Waals surface area contributed by atoms with E-state index in [0.717, 1.165) is 5.56 Å². The molecule has 0 aliphatic carbocycles. The number of oxazole rings is 1. The summed E-state index contributed by atoms with van der Waals surface area (Å²) in [6.07, 6.45) is 0. The molecule has 4 nitrogen and oxygen atoms in total. The molecule has 4 rings (SSSR count). The van der Waals surface area contributed by atoms with Gasteiger partial charge in [-0.2, -0.15) is 0 Å². The smallest absolute Gasteiger partial charge is 0.257 e. The van der Waals surface area contributed by atoms with E-state index < -0.39 is 0 Å². The fraction of sp³-hybridized carbons (Fsp3) is 0. The molecule has 0 fully saturated rings. The zero-order valence-electron chi connectivity index (χ0n) is 13.7. The largest absolute Gasteiger partial charge is 0.436 e. The molecular formula is C20H11Cl3N2O2. The highest BCUT2D eigenvalue weighted by atomic mass is 35.5. The number of carbonyl (C=O) groups excluding carboxylic acids is 1. The summed E-state index contributed by atoms with van der Waals surface area (Å²) in [6.45, 7) is 0. The molecule has 0 spiro atoms. The fourth-order valence-electron chi connectivity index (χ4n) is 2.60. The van der Waals surface area contributed by atoms with E-state index >= 15 is 0 Å². The molecule has 0 radical (unpaired) electrons. The molecule has 134 valence electrons. The lowest BCUT2D eigenvalue weighted by atomic mass is 10.2. The van der Waals surface area contributed by atoms with Gasteiger partial charge in [-0.05, 0) is 54.6 Å². The van der Waals surface area contributed by atoms with Crippen LogP contribution in [-0.4, -0.2) is 10.9 Å². The number of nitrogens with zero attached hydrogens (tertiary/aromatic N) is 1. The van der Waals surface area contributed by atoms with Gasteiger partial charge in [0.2, 0.25) is 5.89 Å². The average Bonchev–Trinajstić information content (AvgIpc) is 3.07. The van der Waals surface area contributed by atoms with Crippen molar-refractivity contribution in [1.82, 2.24) is 4.98 Å². The van der Waals surface area contributed by atoms with Gasteiger partial charge >= 0.3 is 0 Å². The van der Waals surface area contributed by atoms with Gasteiger partial charge in [-0.15, -0.1) is 0 Å². The van der Waals surface area contributed by atoms with E-state index in [9.17, 15) is 4.79 Å². The van der Waals surface area contributed by atoms with Crippen molar-refractivity contribution >= 4 is 57.5 Å². The zero-order valence-corrected chi connectivity index (χ0v) is 15.9. The SMILES string of the molecule is O=C(Nc1ccc(-c2nc3cc(Cl)ccc3o2)cc1)c1cccc(Cl)c1Cl. The highest BCUT2D eigenvalue weighted by Crippen LogP contribution is 2.28. The third kappa shape index (κ3) is 3.65. The molecule has 1 amide bonds. The number of aromatic nitrogens is 1. The van der Waals surface area contributed by atoms with Crippen LogP contribution < -0.4 is 5.32 Å². The minimum Gasteiger partial charge on any atom is -0.436 e. The minimum absolute atomic E-state index is 0.221. The molecule has 7 heteroatoms. The number of nitrogens with one attached hydrogen (secondary N) is 1. The summed E-state index contributed by atoms with van der Waals surface area (Å²) in [6, 6.07) is 17.3. The summed E-state index contributed by atoms with van der Waals surface area (Å²) < 4.78 is 5.74. The van der Waals surface area contributed by atoms with Crippen LogP contribution in [0.2, 0.25) is 15.1 Å². The van der Waals surface area contributed by atoms with Gasteiger partial charge in [-0.25, -0.2) is 4.98 Å². The van der Waals surface area contributed by atoms with E-state index in [1.165, 1.54) is 0 Å². The number of fused-ring (bicyclic) bond motifs is 1. The zero-order chi connectivity index (χ0) is 19.0. The number of rotatable bonds is 3. The first kappa shape index (κ1) is 17.9. The quantitative estimate of drug-likeness (QED) is 0.403. The molecule has 1 N–H and O–H groups in total. The van der Waals surface area contributed by atoms with Crippen LogP contribution >= 0.6 is 34.8 Å². The van der Waals surface area contributed by atoms with E-state index in [4.69, 9.17) is 39.2 Å². The minimum atomic E-state index is -0.341. The molecule has 1 heterocycles. The van der Waals surface area contributed by atoms with E-state index in [-0.39, 0.29) is 10.9 Å². The highest BCUT2D eigenvalue weighted by molar-refractivity contribution is 6.44. The lowest BCUT2D eigenvalue weighted by molar-refractivity contribution is 0.102. The van der Waals surface area contributed by atoms with Gasteiger partial charge < -0.3 is 9.73 Å². The van der Waals surface area contributed by atoms with Crippen LogP contribution in [0, 0.1) is 0 Å². The topological polar surface area (TPSA) is 55.1 Å². The summed E-state index contributed by atoms with van der Waals surface area (Å²) in [5.41, 5.74) is 3.04. The molecule has 0 aliphatic heterocycles. The van der Waals surface area contributed by atoms with Crippen LogP contribution in [0.3, 0.4) is 0 Å². The molecule has 0 unspecified atom stereocenters. The molecule has 0 bridgehead atoms. The van der Waals surface area contributed by atoms with Crippen molar-refractivity contribution in [2.75, 3.05) is 5.32 Å². The molecule has 0 atom stereocenters. The van der Waals surface area contributed by atoms with Crippen molar-refractivity contribution in [3.05, 3.63) is 81.3 Å². The second kappa shape index (κ2) is 7.24. The summed E-state index contributed by atoms with van der Waals surface area (Å²) in [5, 5.41) is 3.94. The van der Waals surface area contributed by atoms with Crippen LogP contribution in [-0.2, 0) is 0 Å². The van der Waals surface area contributed by atoms with Crippen LogP contribution in [0.1, 0.15) is 10.4 Å². The predicted molar refractivity (Wildman–Crippen MR) is 109 cm³/mol. The lowest BCUT2D eigenvalue weighted by Crippen LogP contribution is -2.12. The normalized spacial score (nSPS) is 10.9. The summed E-state index contributed by atoms with van der Waals surface area (Å²) >= 11 is 18.0. The number of hydrogen-bond acceptors (Lipinski definition) is 3. The van der Waals surface area contributed by atoms with Crippen molar-refractivity contribution in [3.63, 3.8) is 0 Å². The van der Waals surface area contributed by atoms with Gasteiger partial charge in [-0.1, -0.05) is 40.9 Å². The molecule has 0 saturated heterocycles. The van der Waals surface area contributed by atoms with E-state index in [1.54, 1.807) is 48.5 Å². The maximum absolute atomic E-state index is 12.4. The van der Waals surface area contributed by atoms with E-state index in [1.807, 2.05) is 12.1 Å². The van der Waals surface area contributed by atoms with Gasteiger partial charge in [0.1, 0.15) is 5.52 Å². The first-order valence-electron chi connectivity index (χ1n) is 7.93. The van der Waals surface area contributed by atoms with Crippen LogP contribution in [0.4, 0.5) is 5.69 Å². The van der Waals surface area contributed by atoms with Gasteiger partial charge in [0.25, 0.3) is 5.91 Å². The van der Waals surface area contributed by atoms with Gasteiger partial charge in [0.05, 0.1) is 15.6 Å². The molecular weight excluding hydrogens is 407 g/mol. The number of anilines is 1. The van der Waals surface area contributed by atoms with Gasteiger partial charge in [0, 0.05) is 16.3 Å². The van der Waals surface area contributed by atoms with E-state index in [2.05, 4.69) is 10.3 Å². The summed E-state index contributed by atoms with van der Waals surface area (Å²) in [7, 11) is 0. The van der Waals surface area contributed by atoms with Crippen molar-refractivity contribution in [1.29, 1.82) is 0 Å². The van der Waals surface area contributed by atoms with Gasteiger partial charge in [0.15, 0.2) is 5.58 Å². The van der Waals surface area contributed by atoms with Crippen molar-refractivity contribution in [2.45, 2.75) is 0 Å². The van der Waals surface area contributed by atoms with E-state index in [0.29, 0.717) is 38.3 Å². The van der Waals surface area contributed by atoms with Crippen LogP contribution in [0.25, 0.3) is 22.6 Å². The monoisotopic (exact) mass is 416 g/mol. The highest BCUT2D eigenvalue weighted by Gasteiger charge is 2.13. The maximum Gasteiger partial charge on any atom is 0.257 e. The molecule has 0 saturated carbocycles. The van der Waals surface area contributed by atoms with Crippen molar-refractivity contribution < 1.29 is 9.21 Å². The number of amides is 1. The lowest BCUT2D eigenvalue weighted by Gasteiger charge is -2.08. The number of halogens is 3. The summed E-state index contributed by atoms with van der Waals surface area (Å²) in [5.74, 6) is 0.134. The first-order valence-corrected chi connectivity index (χ1v) is 9.06. The van der Waals surface area contributed by atoms with Crippen LogP contribution in [0.5, 0.6) is 0 Å². The third-order valence-electron chi connectivity index (χ3n) is 3.94. The van der Waals surface area contributed by atoms with Gasteiger partial charge in [-0.3, -0.25) is 4.79 Å². The predicted octanol–water partition coefficient (Wildman–Crippen LogP) is 6.71. The summed E-state index contributed by atoms with van der Waals surface area (Å²) in [4.78, 5) is 16.8. The third-order valence-corrected chi connectivity index (χ3v) is 4.99. The average molecular weight is 418 g/mol. The Hall–Kier alpha value is -2.53. The Kier molecular flexibility index (Phi) is 4.79. The van der Waals surface area contributed by atoms with Crippen molar-refractivity contribution in [3.8, 4) is 11.5 Å². The molecule has 1 aromatic heterocycles. The maximum atomic E-state index is 12.4. The molecule has 0 aliphatic rings. The Morgan fingerprint density at radius 2 is 1.74 bits per heavy atom. The second-order valence-electron chi connectivity index (χ2n) is 5.76. The molecule has 4 aromatic rings. The number of carbonyl (C=O) groups is 1. The first-order chi connectivity index (χ1) is 13.0. The molecule has 3 aromatic carbocycles. The number of hydrogen-bond donors (Lipinski definition) is 1. The second-order valence-corrected chi connectivity index (χ2v) is 6.99. The Bertz CT molecular complexity index is 1150. The van der Waals surface area contributed by atoms with Crippen molar-refractivity contribution in [2.24, 2.45) is 0 Å². The standard InChI is InChI=1S/C20H11Cl3N2O2/c21-12-6-9-17-16(10-12)25-20(27-17)11-4-7-13(8-5-11)24-19(26)14-2-1-3-15(22)18(14)23/h1-10H,(H,24,26). The Morgan fingerprint density at radius 1 is 0.963 bits per heavy atom. The Balaban J connectivity index is 1.56. The molecule has 27 heavy (non-hydrogen) atoms. The number of benzene rings is 3. The Morgan fingerprint density at radius 3 is 2.52 bits per heavy atom. The Labute approximate surface area is 169 Å².